The van der Waals surface area contributed by atoms with Gasteiger partial charge in [0.15, 0.2) is 0 Å². The number of hydrogen-bond donors (Lipinski definition) is 0. The highest BCUT2D eigenvalue weighted by Crippen LogP contribution is 2.28. The van der Waals surface area contributed by atoms with Gasteiger partial charge in [-0.3, -0.25) is 4.79 Å². The number of carbonyl (C=O) groups is 1. The molecule has 1 saturated heterocycles. The first kappa shape index (κ1) is 25.3. The van der Waals surface area contributed by atoms with Gasteiger partial charge < -0.3 is 14.4 Å². The summed E-state index contributed by atoms with van der Waals surface area (Å²) in [5.74, 6) is 0.381. The molecule has 190 valence electrons. The largest absolute Gasteiger partial charge is 0.489 e. The predicted octanol–water partition coefficient (Wildman–Crippen LogP) is 5.54. The third-order valence-corrected chi connectivity index (χ3v) is 6.56. The second-order valence-corrected chi connectivity index (χ2v) is 9.10. The van der Waals surface area contributed by atoms with Gasteiger partial charge in [-0.1, -0.05) is 48.0 Å². The minimum Gasteiger partial charge on any atom is -0.489 e. The number of morpholine rings is 1. The Morgan fingerprint density at radius 3 is 2.45 bits per heavy atom. The number of amides is 1. The van der Waals surface area contributed by atoms with Crippen molar-refractivity contribution in [3.05, 3.63) is 107 Å². The summed E-state index contributed by atoms with van der Waals surface area (Å²) in [6.07, 6.45) is 3.44. The fourth-order valence-electron chi connectivity index (χ4n) is 4.15. The monoisotopic (exact) mass is 524 g/mol. The predicted molar refractivity (Wildman–Crippen MR) is 146 cm³/mol. The highest BCUT2D eigenvalue weighted by molar-refractivity contribution is 6.31. The van der Waals surface area contributed by atoms with E-state index >= 15 is 0 Å². The van der Waals surface area contributed by atoms with Crippen LogP contribution in [0.1, 0.15) is 11.1 Å². The third-order valence-electron chi connectivity index (χ3n) is 6.19. The van der Waals surface area contributed by atoms with Crippen molar-refractivity contribution in [2.75, 3.05) is 26.3 Å². The lowest BCUT2D eigenvalue weighted by molar-refractivity contribution is -0.130. The Kier molecular flexibility index (Phi) is 7.84. The number of para-hydroxylation sites is 1. The number of rotatable bonds is 7. The van der Waals surface area contributed by atoms with Crippen LogP contribution in [0, 0.1) is 11.3 Å². The van der Waals surface area contributed by atoms with Crippen LogP contribution in [-0.2, 0) is 16.1 Å². The fraction of sp³-hybridized carbons (Fsp3) is 0.167. The molecule has 2 heterocycles. The van der Waals surface area contributed by atoms with E-state index in [1.54, 1.807) is 15.7 Å². The molecule has 1 aliphatic rings. The lowest BCUT2D eigenvalue weighted by atomic mass is 10.1. The first-order chi connectivity index (χ1) is 18.6. The van der Waals surface area contributed by atoms with Gasteiger partial charge in [-0.05, 0) is 48.5 Å². The van der Waals surface area contributed by atoms with E-state index in [1.807, 2.05) is 85.1 Å². The third kappa shape index (κ3) is 5.78. The zero-order chi connectivity index (χ0) is 26.3. The summed E-state index contributed by atoms with van der Waals surface area (Å²) in [4.78, 5) is 14.7. The number of ether oxygens (including phenoxy) is 2. The molecule has 0 spiro atoms. The van der Waals surface area contributed by atoms with E-state index in [0.717, 1.165) is 16.8 Å². The second-order valence-electron chi connectivity index (χ2n) is 8.69. The molecular weight excluding hydrogens is 500 g/mol. The maximum atomic E-state index is 13.0. The fourth-order valence-corrected chi connectivity index (χ4v) is 4.34. The highest BCUT2D eigenvalue weighted by Gasteiger charge is 2.22. The molecule has 8 heteroatoms. The molecule has 1 aromatic heterocycles. The van der Waals surface area contributed by atoms with E-state index in [-0.39, 0.29) is 11.5 Å². The van der Waals surface area contributed by atoms with Crippen molar-refractivity contribution in [1.82, 2.24) is 14.7 Å². The average Bonchev–Trinajstić information content (AvgIpc) is 3.40. The van der Waals surface area contributed by atoms with E-state index in [0.29, 0.717) is 54.9 Å². The molecular formula is C30H25ClN4O3. The molecule has 0 N–H and O–H groups in total. The van der Waals surface area contributed by atoms with Crippen LogP contribution in [-0.4, -0.2) is 46.9 Å². The van der Waals surface area contributed by atoms with Gasteiger partial charge in [0.25, 0.3) is 5.91 Å². The quantitative estimate of drug-likeness (QED) is 0.234. The van der Waals surface area contributed by atoms with Crippen LogP contribution in [0.5, 0.6) is 5.75 Å². The summed E-state index contributed by atoms with van der Waals surface area (Å²) in [7, 11) is 0. The molecule has 0 saturated carbocycles. The van der Waals surface area contributed by atoms with Crippen molar-refractivity contribution in [3.63, 3.8) is 0 Å². The van der Waals surface area contributed by atoms with Crippen molar-refractivity contribution < 1.29 is 14.3 Å². The lowest BCUT2D eigenvalue weighted by Gasteiger charge is -2.26. The van der Waals surface area contributed by atoms with Gasteiger partial charge in [0.05, 0.1) is 24.6 Å². The number of benzene rings is 3. The summed E-state index contributed by atoms with van der Waals surface area (Å²) >= 11 is 6.24. The van der Waals surface area contributed by atoms with Crippen LogP contribution in [0.4, 0.5) is 0 Å². The van der Waals surface area contributed by atoms with E-state index in [4.69, 9.17) is 26.2 Å². The van der Waals surface area contributed by atoms with Crippen LogP contribution in [0.25, 0.3) is 23.0 Å². The Balaban J connectivity index is 1.45. The van der Waals surface area contributed by atoms with E-state index in [2.05, 4.69) is 6.07 Å². The Morgan fingerprint density at radius 1 is 1.03 bits per heavy atom. The smallest absolute Gasteiger partial charge is 0.264 e. The van der Waals surface area contributed by atoms with Gasteiger partial charge in [0, 0.05) is 41.0 Å². The van der Waals surface area contributed by atoms with Crippen LogP contribution in [0.3, 0.4) is 0 Å². The van der Waals surface area contributed by atoms with Crippen LogP contribution in [0.15, 0.2) is 90.6 Å². The molecule has 1 aliphatic heterocycles. The number of aromatic nitrogens is 2. The zero-order valence-corrected chi connectivity index (χ0v) is 21.3. The number of hydrogen-bond acceptors (Lipinski definition) is 5. The molecule has 0 atom stereocenters. The number of halogens is 1. The van der Waals surface area contributed by atoms with Crippen molar-refractivity contribution in [2.45, 2.75) is 6.61 Å². The number of nitrogens with zero attached hydrogens (tertiary/aromatic N) is 4. The molecule has 1 amide bonds. The Hall–Kier alpha value is -4.38. The second kappa shape index (κ2) is 11.8. The van der Waals surface area contributed by atoms with Crippen molar-refractivity contribution in [2.24, 2.45) is 0 Å². The highest BCUT2D eigenvalue weighted by atomic mass is 35.5. The maximum absolute atomic E-state index is 13.0. The Bertz CT molecular complexity index is 1480. The minimum atomic E-state index is -0.308. The van der Waals surface area contributed by atoms with Gasteiger partial charge >= 0.3 is 0 Å². The lowest BCUT2D eigenvalue weighted by Crippen LogP contribution is -2.41. The first-order valence-electron chi connectivity index (χ1n) is 12.2. The molecule has 38 heavy (non-hydrogen) atoms. The molecule has 0 radical (unpaired) electrons. The van der Waals surface area contributed by atoms with Crippen LogP contribution < -0.4 is 4.74 Å². The van der Waals surface area contributed by atoms with E-state index < -0.39 is 0 Å². The SMILES string of the molecule is N#C/C(=C/c1cn(-c2ccccc2)nc1-c1ccc(OCc2ccccc2Cl)cc1)C(=O)N1CCOCC1. The summed E-state index contributed by atoms with van der Waals surface area (Å²) in [6.45, 7) is 2.21. The maximum Gasteiger partial charge on any atom is 0.264 e. The molecule has 3 aromatic carbocycles. The summed E-state index contributed by atoms with van der Waals surface area (Å²) < 4.78 is 13.0. The van der Waals surface area contributed by atoms with Gasteiger partial charge in [-0.15, -0.1) is 0 Å². The van der Waals surface area contributed by atoms with Gasteiger partial charge in [-0.25, -0.2) is 4.68 Å². The van der Waals surface area contributed by atoms with Crippen molar-refractivity contribution in [3.8, 4) is 28.8 Å². The summed E-state index contributed by atoms with van der Waals surface area (Å²) in [6, 6.07) is 26.9. The zero-order valence-electron chi connectivity index (χ0n) is 20.6. The molecule has 0 aliphatic carbocycles. The summed E-state index contributed by atoms with van der Waals surface area (Å²) in [5, 5.41) is 15.3. The number of nitriles is 1. The average molecular weight is 525 g/mol. The van der Waals surface area contributed by atoms with Crippen LogP contribution in [0.2, 0.25) is 5.02 Å². The van der Waals surface area contributed by atoms with E-state index in [9.17, 15) is 10.1 Å². The molecule has 1 fully saturated rings. The minimum absolute atomic E-state index is 0.0560. The summed E-state index contributed by atoms with van der Waals surface area (Å²) in [5.41, 5.74) is 3.96. The van der Waals surface area contributed by atoms with Gasteiger partial charge in [0.2, 0.25) is 0 Å². The molecule has 4 aromatic rings. The van der Waals surface area contributed by atoms with Crippen molar-refractivity contribution in [1.29, 1.82) is 5.26 Å². The Labute approximate surface area is 226 Å². The molecule has 0 bridgehead atoms. The molecule has 0 unspecified atom stereocenters. The Morgan fingerprint density at radius 2 is 1.74 bits per heavy atom. The van der Waals surface area contributed by atoms with Crippen LogP contribution >= 0.6 is 11.6 Å². The molecule has 5 rings (SSSR count). The van der Waals surface area contributed by atoms with Gasteiger partial charge in [-0.2, -0.15) is 10.4 Å². The molecule has 7 nitrogen and oxygen atoms in total. The topological polar surface area (TPSA) is 80.4 Å². The first-order valence-corrected chi connectivity index (χ1v) is 12.6. The standard InChI is InChI=1S/C30H25ClN4O3/c31-28-9-5-4-6-23(28)21-38-27-12-10-22(11-13-27)29-25(20-35(33-29)26-7-2-1-3-8-26)18-24(19-32)30(36)34-14-16-37-17-15-34/h1-13,18,20H,14-17,21H2/b24-18-. The van der Waals surface area contributed by atoms with E-state index in [1.165, 1.54) is 0 Å². The van der Waals surface area contributed by atoms with Crippen molar-refractivity contribution >= 4 is 23.6 Å². The number of carbonyl (C=O) groups excluding carboxylic acids is 1. The normalized spacial score (nSPS) is 13.7. The van der Waals surface area contributed by atoms with Gasteiger partial charge in [0.1, 0.15) is 24.0 Å².